The molecule has 43 heavy (non-hydrogen) atoms. The lowest BCUT2D eigenvalue weighted by Gasteiger charge is -2.37. The van der Waals surface area contributed by atoms with Crippen LogP contribution in [0.3, 0.4) is 0 Å². The quantitative estimate of drug-likeness (QED) is 0.238. The van der Waals surface area contributed by atoms with Gasteiger partial charge in [-0.1, -0.05) is 6.08 Å². The highest BCUT2D eigenvalue weighted by Crippen LogP contribution is 2.36. The number of aryl methyl sites for hydroxylation is 2. The van der Waals surface area contributed by atoms with Gasteiger partial charge in [-0.3, -0.25) is 0 Å². The Labute approximate surface area is 251 Å². The van der Waals surface area contributed by atoms with Crippen molar-refractivity contribution in [3.8, 4) is 12.1 Å². The van der Waals surface area contributed by atoms with E-state index in [1.807, 2.05) is 49.5 Å². The Kier molecular flexibility index (Phi) is 7.73. The van der Waals surface area contributed by atoms with Crippen LogP contribution in [0.4, 0.5) is 11.4 Å². The third kappa shape index (κ3) is 5.76. The molecular formula is C36H32N4O3. The van der Waals surface area contributed by atoms with E-state index < -0.39 is 5.63 Å². The zero-order chi connectivity index (χ0) is 29.9. The van der Waals surface area contributed by atoms with Crippen LogP contribution in [0.15, 0.2) is 92.6 Å². The van der Waals surface area contributed by atoms with Crippen molar-refractivity contribution in [3.63, 3.8) is 0 Å². The van der Waals surface area contributed by atoms with Crippen LogP contribution in [0.5, 0.6) is 0 Å². The molecule has 0 amide bonds. The Balaban J connectivity index is 1.28. The number of rotatable bonds is 6. The SMILES string of the molecule is CCN(C)c1ccc2cc(/C=C/C3=CC(=C(C#N)C#N)C=C(/C=C/c4cc5c6c(c4)CCCN6CCC5)O3)c(=O)oc2c1. The first-order chi connectivity index (χ1) is 20.9. The second-order valence-corrected chi connectivity index (χ2v) is 11.0. The van der Waals surface area contributed by atoms with Crippen LogP contribution in [0.1, 0.15) is 42.0 Å². The molecule has 0 radical (unpaired) electrons. The number of nitriles is 2. The van der Waals surface area contributed by atoms with E-state index in [0.29, 0.717) is 28.2 Å². The number of hydrogen-bond acceptors (Lipinski definition) is 7. The van der Waals surface area contributed by atoms with E-state index in [1.54, 1.807) is 30.4 Å². The molecule has 0 N–H and O–H groups in total. The summed E-state index contributed by atoms with van der Waals surface area (Å²) in [6.45, 7) is 5.15. The summed E-state index contributed by atoms with van der Waals surface area (Å²) in [5.74, 6) is 0.891. The fourth-order valence-corrected chi connectivity index (χ4v) is 5.93. The van der Waals surface area contributed by atoms with E-state index in [1.165, 1.54) is 29.7 Å². The topological polar surface area (TPSA) is 93.5 Å². The molecule has 0 aliphatic carbocycles. The Morgan fingerprint density at radius 3 is 2.28 bits per heavy atom. The third-order valence-corrected chi connectivity index (χ3v) is 8.23. The molecule has 214 valence electrons. The lowest BCUT2D eigenvalue weighted by molar-refractivity contribution is 0.332. The Morgan fingerprint density at radius 1 is 0.953 bits per heavy atom. The highest BCUT2D eigenvalue weighted by Gasteiger charge is 2.24. The molecule has 0 bridgehead atoms. The first-order valence-electron chi connectivity index (χ1n) is 14.7. The maximum absolute atomic E-state index is 12.8. The Morgan fingerprint density at radius 2 is 1.63 bits per heavy atom. The van der Waals surface area contributed by atoms with Gasteiger partial charge in [0, 0.05) is 55.1 Å². The van der Waals surface area contributed by atoms with Crippen LogP contribution in [-0.2, 0) is 17.6 Å². The molecule has 3 aliphatic heterocycles. The van der Waals surface area contributed by atoms with Gasteiger partial charge in [0.25, 0.3) is 0 Å². The number of anilines is 2. The molecule has 7 heteroatoms. The van der Waals surface area contributed by atoms with Gasteiger partial charge in [0.15, 0.2) is 0 Å². The molecule has 0 saturated carbocycles. The van der Waals surface area contributed by atoms with Crippen LogP contribution in [-0.4, -0.2) is 26.7 Å². The molecule has 3 aliphatic rings. The van der Waals surface area contributed by atoms with Gasteiger partial charge < -0.3 is 19.0 Å². The van der Waals surface area contributed by atoms with Crippen molar-refractivity contribution in [3.05, 3.63) is 116 Å². The monoisotopic (exact) mass is 568 g/mol. The van der Waals surface area contributed by atoms with Gasteiger partial charge >= 0.3 is 5.63 Å². The number of benzene rings is 2. The standard InChI is InChI=1S/C36H32N4O3/c1-3-39(2)31-11-9-25-18-28(36(41)43-34(25)21-31)10-13-33-20-29(30(22-37)23-38)19-32(42-33)12-8-24-16-26-6-4-14-40-15-5-7-27(17-24)35(26)40/h8-13,16-21H,3-7,14-15H2,1-2H3/b12-8+,13-10+. The highest BCUT2D eigenvalue weighted by atomic mass is 16.5. The predicted molar refractivity (Wildman–Crippen MR) is 170 cm³/mol. The van der Waals surface area contributed by atoms with E-state index in [2.05, 4.69) is 28.9 Å². The van der Waals surface area contributed by atoms with Gasteiger partial charge in [0.2, 0.25) is 0 Å². The molecule has 0 saturated heterocycles. The molecule has 6 rings (SSSR count). The van der Waals surface area contributed by atoms with Gasteiger partial charge in [-0.15, -0.1) is 0 Å². The summed E-state index contributed by atoms with van der Waals surface area (Å²) in [7, 11) is 1.98. The number of fused-ring (bicyclic) bond motifs is 1. The van der Waals surface area contributed by atoms with Gasteiger partial charge in [0.1, 0.15) is 34.8 Å². The Hall–Kier alpha value is -5.27. The molecule has 0 spiro atoms. The molecule has 4 heterocycles. The largest absolute Gasteiger partial charge is 0.457 e. The van der Waals surface area contributed by atoms with Crippen molar-refractivity contribution in [2.45, 2.75) is 32.6 Å². The normalized spacial score (nSPS) is 15.9. The van der Waals surface area contributed by atoms with Gasteiger partial charge in [-0.2, -0.15) is 10.5 Å². The van der Waals surface area contributed by atoms with Crippen LogP contribution < -0.4 is 15.4 Å². The summed E-state index contributed by atoms with van der Waals surface area (Å²) in [5.41, 5.74) is 7.12. The molecule has 3 aromatic rings. The lowest BCUT2D eigenvalue weighted by Crippen LogP contribution is -2.34. The van der Waals surface area contributed by atoms with Gasteiger partial charge in [0.05, 0.1) is 5.56 Å². The molecule has 0 fully saturated rings. The van der Waals surface area contributed by atoms with Crippen LogP contribution in [0, 0.1) is 22.7 Å². The first-order valence-corrected chi connectivity index (χ1v) is 14.7. The summed E-state index contributed by atoms with van der Waals surface area (Å²) >= 11 is 0. The van der Waals surface area contributed by atoms with Crippen molar-refractivity contribution >= 4 is 34.5 Å². The van der Waals surface area contributed by atoms with Crippen molar-refractivity contribution in [2.75, 3.05) is 36.5 Å². The maximum Gasteiger partial charge on any atom is 0.343 e. The second-order valence-electron chi connectivity index (χ2n) is 11.0. The smallest absolute Gasteiger partial charge is 0.343 e. The summed E-state index contributed by atoms with van der Waals surface area (Å²) in [6, 6.07) is 16.0. The van der Waals surface area contributed by atoms with Gasteiger partial charge in [-0.05, 0) is 110 Å². The summed E-state index contributed by atoms with van der Waals surface area (Å²) in [5, 5.41) is 19.9. The first kappa shape index (κ1) is 27.9. The van der Waals surface area contributed by atoms with E-state index in [-0.39, 0.29) is 5.57 Å². The predicted octanol–water partition coefficient (Wildman–Crippen LogP) is 6.82. The molecular weight excluding hydrogens is 536 g/mol. The zero-order valence-electron chi connectivity index (χ0n) is 24.4. The average Bonchev–Trinajstić information content (AvgIpc) is 3.03. The summed E-state index contributed by atoms with van der Waals surface area (Å²) in [4.78, 5) is 17.4. The van der Waals surface area contributed by atoms with Crippen molar-refractivity contribution < 1.29 is 9.15 Å². The zero-order valence-corrected chi connectivity index (χ0v) is 24.4. The van der Waals surface area contributed by atoms with E-state index >= 15 is 0 Å². The van der Waals surface area contributed by atoms with Crippen LogP contribution in [0.2, 0.25) is 0 Å². The number of ether oxygens (including phenoxy) is 1. The summed E-state index contributed by atoms with van der Waals surface area (Å²) < 4.78 is 11.8. The van der Waals surface area contributed by atoms with E-state index in [4.69, 9.17) is 9.15 Å². The number of allylic oxidation sites excluding steroid dienone is 6. The van der Waals surface area contributed by atoms with Crippen molar-refractivity contribution in [2.24, 2.45) is 0 Å². The molecule has 0 unspecified atom stereocenters. The third-order valence-electron chi connectivity index (χ3n) is 8.23. The van der Waals surface area contributed by atoms with E-state index in [0.717, 1.165) is 49.1 Å². The highest BCUT2D eigenvalue weighted by molar-refractivity contribution is 5.82. The molecule has 2 aromatic carbocycles. The van der Waals surface area contributed by atoms with E-state index in [9.17, 15) is 15.3 Å². The Bertz CT molecular complexity index is 1860. The second kappa shape index (κ2) is 11.9. The minimum atomic E-state index is -0.465. The summed E-state index contributed by atoms with van der Waals surface area (Å²) in [6.07, 6.45) is 15.0. The van der Waals surface area contributed by atoms with Crippen LogP contribution in [0.25, 0.3) is 23.1 Å². The molecule has 0 atom stereocenters. The van der Waals surface area contributed by atoms with Crippen molar-refractivity contribution in [1.29, 1.82) is 10.5 Å². The lowest BCUT2D eigenvalue weighted by atomic mass is 9.90. The fourth-order valence-electron chi connectivity index (χ4n) is 5.93. The minimum Gasteiger partial charge on any atom is -0.457 e. The van der Waals surface area contributed by atoms with Gasteiger partial charge in [-0.25, -0.2) is 4.79 Å². The fraction of sp³-hybridized carbons (Fsp3) is 0.250. The number of nitrogens with zero attached hydrogens (tertiary/aromatic N) is 4. The molecule has 7 nitrogen and oxygen atoms in total. The average molecular weight is 569 g/mol. The maximum atomic E-state index is 12.8. The number of hydrogen-bond donors (Lipinski definition) is 0. The minimum absolute atomic E-state index is 0.0172. The van der Waals surface area contributed by atoms with Crippen LogP contribution >= 0.6 is 0 Å². The molecule has 1 aromatic heterocycles. The van der Waals surface area contributed by atoms with Crippen molar-refractivity contribution in [1.82, 2.24) is 0 Å².